The number of esters is 2. The van der Waals surface area contributed by atoms with Gasteiger partial charge in [0.05, 0.1) is 0 Å². The van der Waals surface area contributed by atoms with Gasteiger partial charge in [0.15, 0.2) is 0 Å². The number of hydrogen-bond donors (Lipinski definition) is 2. The van der Waals surface area contributed by atoms with Gasteiger partial charge in [-0.25, -0.2) is 0 Å². The maximum atomic E-state index is 11.4. The minimum Gasteiger partial charge on any atom is -1.00 e. The molecular weight excluding hydrogens is 338 g/mol. The Hall–Kier alpha value is -0.170. The van der Waals surface area contributed by atoms with Gasteiger partial charge in [-0.05, 0) is 12.8 Å². The minimum absolute atomic E-state index is 0. The van der Waals surface area contributed by atoms with Gasteiger partial charge >= 0.3 is 55.6 Å². The number of carboxylic acids is 1. The maximum absolute atomic E-state index is 11.4. The van der Waals surface area contributed by atoms with Gasteiger partial charge in [0, 0.05) is 12.8 Å². The second-order valence-corrected chi connectivity index (χ2v) is 5.91. The molecule has 138 valence electrons. The van der Waals surface area contributed by atoms with Gasteiger partial charge in [0.2, 0.25) is 0 Å². The van der Waals surface area contributed by atoms with Crippen LogP contribution in [0.1, 0.15) is 86.8 Å². The Bertz CT molecular complexity index is 373. The van der Waals surface area contributed by atoms with Crippen molar-refractivity contribution in [3.05, 3.63) is 0 Å². The van der Waals surface area contributed by atoms with E-state index in [-0.39, 0.29) is 59.9 Å². The molecule has 0 aromatic carbocycles. The summed E-state index contributed by atoms with van der Waals surface area (Å²) in [5.41, 5.74) is 5.27. The van der Waals surface area contributed by atoms with Crippen LogP contribution in [0.4, 0.5) is 0 Å². The predicted molar refractivity (Wildman–Crippen MR) is 95.8 cm³/mol. The molecule has 0 heterocycles. The summed E-state index contributed by atoms with van der Waals surface area (Å²) in [5, 5.41) is 8.58. The van der Waals surface area contributed by atoms with E-state index in [0.717, 1.165) is 19.3 Å². The molecule has 0 fully saturated rings. The van der Waals surface area contributed by atoms with Crippen molar-refractivity contribution in [2.24, 2.45) is 5.73 Å². The number of rotatable bonds is 14. The van der Waals surface area contributed by atoms with Gasteiger partial charge in [-0.2, -0.15) is 0 Å². The maximum Gasteiger partial charge on any atom is 2.00 e. The quantitative estimate of drug-likeness (QED) is 0.210. The number of carbonyl (C=O) groups is 3. The zero-order valence-electron chi connectivity index (χ0n) is 16.9. The first-order valence-corrected chi connectivity index (χ1v) is 8.69. The number of nitrogens with two attached hydrogens (primary N) is 1. The summed E-state index contributed by atoms with van der Waals surface area (Å²) < 4.78 is 4.63. The Labute approximate surface area is 177 Å². The molecule has 0 rings (SSSR count). The zero-order chi connectivity index (χ0) is 17.5. The van der Waals surface area contributed by atoms with E-state index >= 15 is 0 Å². The van der Waals surface area contributed by atoms with Crippen molar-refractivity contribution in [2.75, 3.05) is 0 Å². The molecule has 0 unspecified atom stereocenters. The Morgan fingerprint density at radius 3 is 1.88 bits per heavy atom. The molecule has 0 bridgehead atoms. The van der Waals surface area contributed by atoms with E-state index in [4.69, 9.17) is 10.8 Å². The Morgan fingerprint density at radius 1 is 0.917 bits per heavy atom. The number of ether oxygens (including phenoxy) is 1. The van der Waals surface area contributed by atoms with Gasteiger partial charge in [-0.15, -0.1) is 0 Å². The van der Waals surface area contributed by atoms with Gasteiger partial charge < -0.3 is 18.4 Å². The molecule has 6 nitrogen and oxygen atoms in total. The van der Waals surface area contributed by atoms with E-state index in [1.165, 1.54) is 38.5 Å². The summed E-state index contributed by atoms with van der Waals surface area (Å²) in [6.07, 6.45) is 10.4. The molecule has 0 aliphatic rings. The molecule has 0 radical (unpaired) electrons. The first kappa shape index (κ1) is 26.1. The van der Waals surface area contributed by atoms with Crippen LogP contribution < -0.4 is 5.73 Å². The molecule has 7 heteroatoms. The average Bonchev–Trinajstić information content (AvgIpc) is 2.50. The molecular formula is C17H33CaNO5. The normalized spacial score (nSPS) is 11.4. The van der Waals surface area contributed by atoms with E-state index in [2.05, 4.69) is 11.7 Å². The zero-order valence-corrected chi connectivity index (χ0v) is 17.1. The fraction of sp³-hybridized carbons (Fsp3) is 0.824. The standard InChI is InChI=1S/C17H31NO5.Ca.2H/c1-2-3-4-5-6-7-8-9-10-11-15(19)23-16(20)13-12-14(18)17(21)22;;;/h14H,2-13,18H2,1H3,(H,21,22);;;/q;+2;2*-1/t14-;;;/m0.../s1. The van der Waals surface area contributed by atoms with Crippen molar-refractivity contribution in [1.82, 2.24) is 0 Å². The van der Waals surface area contributed by atoms with E-state index < -0.39 is 23.9 Å². The third-order valence-electron chi connectivity index (χ3n) is 3.69. The van der Waals surface area contributed by atoms with E-state index in [1.807, 2.05) is 0 Å². The molecule has 24 heavy (non-hydrogen) atoms. The second-order valence-electron chi connectivity index (χ2n) is 5.91. The first-order chi connectivity index (χ1) is 11.0. The Morgan fingerprint density at radius 2 is 1.38 bits per heavy atom. The minimum atomic E-state index is -1.17. The van der Waals surface area contributed by atoms with E-state index in [9.17, 15) is 14.4 Å². The predicted octanol–water partition coefficient (Wildman–Crippen LogP) is 3.01. The van der Waals surface area contributed by atoms with E-state index in [1.54, 1.807) is 0 Å². The van der Waals surface area contributed by atoms with Crippen LogP contribution in [0.15, 0.2) is 0 Å². The number of aliphatic carboxylic acids is 1. The molecule has 0 aromatic heterocycles. The number of hydrogen-bond acceptors (Lipinski definition) is 5. The molecule has 0 aromatic rings. The summed E-state index contributed by atoms with van der Waals surface area (Å²) in [4.78, 5) is 33.3. The van der Waals surface area contributed by atoms with Crippen LogP contribution in [0.2, 0.25) is 0 Å². The van der Waals surface area contributed by atoms with Crippen molar-refractivity contribution < 1.29 is 27.1 Å². The second kappa shape index (κ2) is 17.6. The fourth-order valence-corrected chi connectivity index (χ4v) is 2.21. The summed E-state index contributed by atoms with van der Waals surface area (Å²) in [7, 11) is 0. The summed E-state index contributed by atoms with van der Waals surface area (Å²) in [6, 6.07) is -1.10. The number of carboxylic acid groups (broad SMARTS) is 1. The third-order valence-corrected chi connectivity index (χ3v) is 3.69. The van der Waals surface area contributed by atoms with Crippen molar-refractivity contribution >= 4 is 55.6 Å². The van der Waals surface area contributed by atoms with Crippen LogP contribution in [0.25, 0.3) is 0 Å². The van der Waals surface area contributed by atoms with Crippen LogP contribution in [0.3, 0.4) is 0 Å². The van der Waals surface area contributed by atoms with Gasteiger partial charge in [-0.3, -0.25) is 14.4 Å². The largest absolute Gasteiger partial charge is 2.00 e. The molecule has 0 aliphatic heterocycles. The van der Waals surface area contributed by atoms with Gasteiger partial charge in [0.25, 0.3) is 0 Å². The van der Waals surface area contributed by atoms with Gasteiger partial charge in [-0.1, -0.05) is 58.3 Å². The molecule has 0 saturated heterocycles. The molecule has 1 atom stereocenters. The molecule has 0 spiro atoms. The summed E-state index contributed by atoms with van der Waals surface area (Å²) >= 11 is 0. The van der Waals surface area contributed by atoms with Crippen molar-refractivity contribution in [1.29, 1.82) is 0 Å². The molecule has 3 N–H and O–H groups in total. The average molecular weight is 372 g/mol. The van der Waals surface area contributed by atoms with Crippen molar-refractivity contribution in [2.45, 2.75) is 90.0 Å². The Kier molecular flexibility index (Phi) is 19.2. The summed E-state index contributed by atoms with van der Waals surface area (Å²) in [5.74, 6) is -2.41. The summed E-state index contributed by atoms with van der Waals surface area (Å²) in [6.45, 7) is 2.20. The fourth-order valence-electron chi connectivity index (χ4n) is 2.21. The number of carbonyl (C=O) groups excluding carboxylic acids is 2. The van der Waals surface area contributed by atoms with E-state index in [0.29, 0.717) is 0 Å². The van der Waals surface area contributed by atoms with Crippen LogP contribution in [0.5, 0.6) is 0 Å². The molecule has 0 aliphatic carbocycles. The molecule has 0 saturated carbocycles. The first-order valence-electron chi connectivity index (χ1n) is 8.69. The van der Waals surface area contributed by atoms with Crippen LogP contribution >= 0.6 is 0 Å². The van der Waals surface area contributed by atoms with Gasteiger partial charge in [0.1, 0.15) is 6.04 Å². The smallest absolute Gasteiger partial charge is 1.00 e. The third kappa shape index (κ3) is 16.7. The SMILES string of the molecule is CCCCCCCCCCCC(=O)OC(=O)CC[C@H](N)C(=O)O.[Ca+2].[H-].[H-]. The monoisotopic (exact) mass is 371 g/mol. The molecule has 0 amide bonds. The van der Waals surface area contributed by atoms with Crippen LogP contribution in [-0.4, -0.2) is 66.8 Å². The van der Waals surface area contributed by atoms with Crippen molar-refractivity contribution in [3.8, 4) is 0 Å². The van der Waals surface area contributed by atoms with Crippen molar-refractivity contribution in [3.63, 3.8) is 0 Å². The number of unbranched alkanes of at least 4 members (excludes halogenated alkanes) is 8. The Balaban J connectivity index is -0.000000807. The van der Waals surface area contributed by atoms with Crippen LogP contribution in [0, 0.1) is 0 Å². The van der Waals surface area contributed by atoms with Crippen LogP contribution in [-0.2, 0) is 19.1 Å². The topological polar surface area (TPSA) is 107 Å².